The number of para-hydroxylation sites is 1. The number of nitrogens with zero attached hydrogens (tertiary/aromatic N) is 4. The smallest absolute Gasteiger partial charge is 0.263 e. The van der Waals surface area contributed by atoms with Crippen LogP contribution >= 0.6 is 0 Å². The highest BCUT2D eigenvalue weighted by Gasteiger charge is 2.22. The molecule has 2 aromatic carbocycles. The van der Waals surface area contributed by atoms with Crippen molar-refractivity contribution in [2.75, 3.05) is 17.1 Å². The lowest BCUT2D eigenvalue weighted by molar-refractivity contribution is -0.114. The van der Waals surface area contributed by atoms with Crippen LogP contribution in [0.4, 0.5) is 11.5 Å². The number of hydrogen-bond acceptors (Lipinski definition) is 7. The zero-order valence-corrected chi connectivity index (χ0v) is 19.3. The Morgan fingerprint density at radius 3 is 2.56 bits per heavy atom. The average molecular weight is 477 g/mol. The van der Waals surface area contributed by atoms with Crippen molar-refractivity contribution in [1.82, 2.24) is 14.8 Å². The highest BCUT2D eigenvalue weighted by atomic mass is 32.2. The molecule has 11 heteroatoms. The summed E-state index contributed by atoms with van der Waals surface area (Å²) in [5, 5.41) is 17.2. The van der Waals surface area contributed by atoms with Crippen LogP contribution in [0.15, 0.2) is 59.6 Å². The number of carbonyl (C=O) groups excluding carboxylic acids is 1. The van der Waals surface area contributed by atoms with Crippen molar-refractivity contribution in [2.45, 2.75) is 18.7 Å². The molecule has 10 nitrogen and oxygen atoms in total. The number of pyridine rings is 1. The Balaban J connectivity index is 1.78. The molecule has 4 aromatic rings. The van der Waals surface area contributed by atoms with Gasteiger partial charge in [0.1, 0.15) is 22.9 Å². The highest BCUT2D eigenvalue weighted by Crippen LogP contribution is 2.29. The van der Waals surface area contributed by atoms with Crippen LogP contribution in [0.2, 0.25) is 0 Å². The van der Waals surface area contributed by atoms with Gasteiger partial charge in [-0.3, -0.25) is 9.52 Å². The molecule has 172 valence electrons. The van der Waals surface area contributed by atoms with Crippen LogP contribution in [0.1, 0.15) is 18.1 Å². The lowest BCUT2D eigenvalue weighted by Crippen LogP contribution is -2.17. The molecule has 34 heavy (non-hydrogen) atoms. The molecule has 2 N–H and O–H groups in total. The third kappa shape index (κ3) is 4.26. The number of sulfonamides is 1. The van der Waals surface area contributed by atoms with Crippen LogP contribution in [0.5, 0.6) is 5.75 Å². The summed E-state index contributed by atoms with van der Waals surface area (Å²) in [7, 11) is -2.55. The Morgan fingerprint density at radius 2 is 1.91 bits per heavy atom. The fourth-order valence-electron chi connectivity index (χ4n) is 3.46. The Hall–Kier alpha value is -4.43. The summed E-state index contributed by atoms with van der Waals surface area (Å²) in [5.74, 6) is 0.548. The molecule has 4 rings (SSSR count). The minimum absolute atomic E-state index is 0.0259. The Labute approximate surface area is 195 Å². The van der Waals surface area contributed by atoms with Gasteiger partial charge in [-0.2, -0.15) is 15.0 Å². The van der Waals surface area contributed by atoms with Crippen molar-refractivity contribution in [1.29, 1.82) is 5.26 Å². The van der Waals surface area contributed by atoms with Gasteiger partial charge in [0, 0.05) is 18.0 Å². The zero-order valence-electron chi connectivity index (χ0n) is 18.5. The van der Waals surface area contributed by atoms with Crippen LogP contribution in [0, 0.1) is 18.3 Å². The summed E-state index contributed by atoms with van der Waals surface area (Å²) in [6, 6.07) is 14.9. The third-order valence-corrected chi connectivity index (χ3v) is 6.39. The topological polar surface area (TPSA) is 139 Å². The van der Waals surface area contributed by atoms with E-state index >= 15 is 0 Å². The number of nitriles is 1. The van der Waals surface area contributed by atoms with Crippen LogP contribution in [0.25, 0.3) is 16.7 Å². The van der Waals surface area contributed by atoms with E-state index in [1.165, 1.54) is 49.2 Å². The van der Waals surface area contributed by atoms with Gasteiger partial charge in [-0.25, -0.2) is 13.4 Å². The molecule has 0 radical (unpaired) electrons. The number of carbonyl (C=O) groups is 1. The molecule has 0 fully saturated rings. The van der Waals surface area contributed by atoms with E-state index in [0.29, 0.717) is 22.8 Å². The van der Waals surface area contributed by atoms with Gasteiger partial charge in [0.25, 0.3) is 10.0 Å². The van der Waals surface area contributed by atoms with E-state index in [4.69, 9.17) is 4.74 Å². The average Bonchev–Trinajstić information content (AvgIpc) is 3.20. The first kappa shape index (κ1) is 22.8. The molecule has 0 aliphatic carbocycles. The SMILES string of the molecule is COc1cccc2c(C)cc(-n3ncc(C#N)c3NS(=O)(=O)c3ccc(NC(C)=O)cc3)nc12. The molecule has 0 saturated heterocycles. The molecular weight excluding hydrogens is 456 g/mol. The first-order valence-corrected chi connectivity index (χ1v) is 11.5. The number of fused-ring (bicyclic) bond motifs is 1. The summed E-state index contributed by atoms with van der Waals surface area (Å²) in [5.41, 5.74) is 1.93. The maximum absolute atomic E-state index is 13.1. The van der Waals surface area contributed by atoms with Gasteiger partial charge >= 0.3 is 0 Å². The Bertz CT molecular complexity index is 1550. The van der Waals surface area contributed by atoms with Gasteiger partial charge in [-0.05, 0) is 48.9 Å². The van der Waals surface area contributed by atoms with Crippen molar-refractivity contribution in [3.05, 3.63) is 65.9 Å². The van der Waals surface area contributed by atoms with Gasteiger partial charge in [0.15, 0.2) is 11.6 Å². The predicted molar refractivity (Wildman–Crippen MR) is 126 cm³/mol. The summed E-state index contributed by atoms with van der Waals surface area (Å²) in [6.45, 7) is 3.25. The maximum atomic E-state index is 13.1. The number of rotatable bonds is 6. The second-order valence-corrected chi connectivity index (χ2v) is 9.08. The van der Waals surface area contributed by atoms with E-state index in [0.717, 1.165) is 10.9 Å². The van der Waals surface area contributed by atoms with Gasteiger partial charge in [-0.1, -0.05) is 12.1 Å². The number of aromatic nitrogens is 3. The largest absolute Gasteiger partial charge is 0.494 e. The molecular formula is C23H20N6O4S. The van der Waals surface area contributed by atoms with E-state index in [9.17, 15) is 18.5 Å². The van der Waals surface area contributed by atoms with Crippen LogP contribution < -0.4 is 14.8 Å². The van der Waals surface area contributed by atoms with Crippen LogP contribution in [0.3, 0.4) is 0 Å². The summed E-state index contributed by atoms with van der Waals surface area (Å²) >= 11 is 0. The number of amides is 1. The molecule has 2 heterocycles. The van der Waals surface area contributed by atoms with Crippen LogP contribution in [-0.2, 0) is 14.8 Å². The minimum atomic E-state index is -4.08. The summed E-state index contributed by atoms with van der Waals surface area (Å²) in [6.07, 6.45) is 1.27. The van der Waals surface area contributed by atoms with E-state index in [1.807, 2.05) is 25.1 Å². The fourth-order valence-corrected chi connectivity index (χ4v) is 4.52. The first-order valence-electron chi connectivity index (χ1n) is 10.1. The number of aryl methyl sites for hydroxylation is 1. The first-order chi connectivity index (χ1) is 16.2. The summed E-state index contributed by atoms with van der Waals surface area (Å²) < 4.78 is 35.3. The Kier molecular flexibility index (Phi) is 5.91. The van der Waals surface area contributed by atoms with Crippen molar-refractivity contribution in [3.8, 4) is 17.6 Å². The van der Waals surface area contributed by atoms with E-state index in [1.54, 1.807) is 12.1 Å². The fraction of sp³-hybridized carbons (Fsp3) is 0.130. The maximum Gasteiger partial charge on any atom is 0.263 e. The van der Waals surface area contributed by atoms with Crippen molar-refractivity contribution >= 4 is 38.3 Å². The molecule has 0 bridgehead atoms. The standard InChI is InChI=1S/C23H20N6O4S/c1-14-11-21(27-22-19(14)5-4-6-20(22)33-3)29-23(16(12-24)13-25-29)28-34(31,32)18-9-7-17(8-10-18)26-15(2)30/h4-11,13,28H,1-3H3,(H,26,30). The second kappa shape index (κ2) is 8.84. The third-order valence-electron chi connectivity index (χ3n) is 5.04. The normalized spacial score (nSPS) is 11.1. The van der Waals surface area contributed by atoms with Gasteiger partial charge in [0.05, 0.1) is 18.2 Å². The van der Waals surface area contributed by atoms with Crippen molar-refractivity contribution in [3.63, 3.8) is 0 Å². The molecule has 2 aromatic heterocycles. The zero-order chi connectivity index (χ0) is 24.5. The van der Waals surface area contributed by atoms with Crippen molar-refractivity contribution in [2.24, 2.45) is 0 Å². The molecule has 0 saturated carbocycles. The van der Waals surface area contributed by atoms with Gasteiger partial charge < -0.3 is 10.1 Å². The quantitative estimate of drug-likeness (QED) is 0.435. The molecule has 0 aliphatic rings. The molecule has 0 spiro atoms. The molecule has 0 aliphatic heterocycles. The summed E-state index contributed by atoms with van der Waals surface area (Å²) in [4.78, 5) is 15.8. The number of hydrogen-bond donors (Lipinski definition) is 2. The number of anilines is 2. The van der Waals surface area contributed by atoms with Gasteiger partial charge in [0.2, 0.25) is 5.91 Å². The number of benzene rings is 2. The number of nitrogens with one attached hydrogen (secondary N) is 2. The monoisotopic (exact) mass is 476 g/mol. The molecule has 1 amide bonds. The second-order valence-electron chi connectivity index (χ2n) is 7.40. The van der Waals surface area contributed by atoms with Crippen LogP contribution in [-0.4, -0.2) is 36.2 Å². The Morgan fingerprint density at radius 1 is 1.18 bits per heavy atom. The number of ether oxygens (including phenoxy) is 1. The van der Waals surface area contributed by atoms with E-state index < -0.39 is 10.0 Å². The van der Waals surface area contributed by atoms with Gasteiger partial charge in [-0.15, -0.1) is 0 Å². The highest BCUT2D eigenvalue weighted by molar-refractivity contribution is 7.92. The minimum Gasteiger partial charge on any atom is -0.494 e. The number of methoxy groups -OCH3 is 1. The molecule has 0 unspecified atom stereocenters. The van der Waals surface area contributed by atoms with Crippen molar-refractivity contribution < 1.29 is 17.9 Å². The molecule has 0 atom stereocenters. The predicted octanol–water partition coefficient (Wildman–Crippen LogP) is 3.37. The van der Waals surface area contributed by atoms with E-state index in [-0.39, 0.29) is 22.2 Å². The van der Waals surface area contributed by atoms with E-state index in [2.05, 4.69) is 20.1 Å². The lowest BCUT2D eigenvalue weighted by Gasteiger charge is -2.13. The lowest BCUT2D eigenvalue weighted by atomic mass is 10.1.